The number of rotatable bonds is 10. The van der Waals surface area contributed by atoms with Crippen LogP contribution in [0.15, 0.2) is 88.9 Å². The minimum Gasteiger partial charge on any atom is -0.494 e. The quantitative estimate of drug-likeness (QED) is 0.365. The van der Waals surface area contributed by atoms with E-state index in [1.807, 2.05) is 68.4 Å². The van der Waals surface area contributed by atoms with E-state index in [-0.39, 0.29) is 18.0 Å². The minimum absolute atomic E-state index is 0.0626. The van der Waals surface area contributed by atoms with E-state index < -0.39 is 15.9 Å². The van der Waals surface area contributed by atoms with Crippen molar-refractivity contribution in [3.63, 3.8) is 0 Å². The van der Waals surface area contributed by atoms with Gasteiger partial charge < -0.3 is 4.74 Å². The maximum atomic E-state index is 13.3. The van der Waals surface area contributed by atoms with Gasteiger partial charge in [0.1, 0.15) is 5.75 Å². The van der Waals surface area contributed by atoms with Gasteiger partial charge >= 0.3 is 0 Å². The van der Waals surface area contributed by atoms with E-state index in [0.29, 0.717) is 6.61 Å². The first-order valence-corrected chi connectivity index (χ1v) is 12.0. The molecule has 7 nitrogen and oxygen atoms in total. The van der Waals surface area contributed by atoms with Gasteiger partial charge in [0.2, 0.25) is 10.0 Å². The van der Waals surface area contributed by atoms with Crippen molar-refractivity contribution in [3.05, 3.63) is 95.6 Å². The predicted octanol–water partition coefficient (Wildman–Crippen LogP) is 3.73. The van der Waals surface area contributed by atoms with Crippen LogP contribution in [0.1, 0.15) is 23.6 Å². The van der Waals surface area contributed by atoms with Gasteiger partial charge in [-0.05, 0) is 61.4 Å². The Morgan fingerprint density at radius 1 is 1.00 bits per heavy atom. The first kappa shape index (κ1) is 24.2. The molecule has 0 saturated carbocycles. The van der Waals surface area contributed by atoms with Crippen LogP contribution in [0.5, 0.6) is 5.75 Å². The Hall–Kier alpha value is -3.49. The van der Waals surface area contributed by atoms with E-state index >= 15 is 0 Å². The number of hydrogen-bond donors (Lipinski definition) is 1. The number of amides is 1. The maximum absolute atomic E-state index is 13.3. The highest BCUT2D eigenvalue weighted by Gasteiger charge is 2.26. The van der Waals surface area contributed by atoms with Gasteiger partial charge in [-0.3, -0.25) is 4.79 Å². The summed E-state index contributed by atoms with van der Waals surface area (Å²) in [6.45, 7) is 4.06. The molecule has 0 aliphatic heterocycles. The van der Waals surface area contributed by atoms with Crippen molar-refractivity contribution in [2.45, 2.75) is 25.3 Å². The third kappa shape index (κ3) is 7.00. The summed E-state index contributed by atoms with van der Waals surface area (Å²) < 4.78 is 33.1. The molecule has 0 aliphatic carbocycles. The smallest absolute Gasteiger partial charge is 0.255 e. The van der Waals surface area contributed by atoms with Crippen LogP contribution in [0.3, 0.4) is 0 Å². The third-order valence-corrected chi connectivity index (χ3v) is 6.58. The number of aryl methyl sites for hydroxylation is 1. The molecule has 8 heteroatoms. The summed E-state index contributed by atoms with van der Waals surface area (Å²) in [5, 5.41) is 3.96. The first-order chi connectivity index (χ1) is 15.9. The van der Waals surface area contributed by atoms with E-state index in [0.717, 1.165) is 26.7 Å². The first-order valence-electron chi connectivity index (χ1n) is 10.5. The van der Waals surface area contributed by atoms with Crippen LogP contribution in [0.25, 0.3) is 0 Å². The second-order valence-electron chi connectivity index (χ2n) is 7.37. The van der Waals surface area contributed by atoms with E-state index in [2.05, 4.69) is 10.5 Å². The number of hydrogen-bond acceptors (Lipinski definition) is 5. The molecule has 0 aliphatic rings. The molecule has 0 atom stereocenters. The highest BCUT2D eigenvalue weighted by atomic mass is 32.2. The second kappa shape index (κ2) is 11.4. The summed E-state index contributed by atoms with van der Waals surface area (Å²) in [4.78, 5) is 12.7. The number of ether oxygens (including phenoxy) is 1. The van der Waals surface area contributed by atoms with Crippen LogP contribution in [-0.4, -0.2) is 38.0 Å². The molecule has 3 aromatic rings. The Balaban J connectivity index is 1.72. The van der Waals surface area contributed by atoms with Gasteiger partial charge in [0, 0.05) is 6.54 Å². The molecule has 33 heavy (non-hydrogen) atoms. The van der Waals surface area contributed by atoms with Crippen molar-refractivity contribution in [2.24, 2.45) is 5.10 Å². The normalized spacial score (nSPS) is 11.6. The zero-order valence-electron chi connectivity index (χ0n) is 18.6. The van der Waals surface area contributed by atoms with Gasteiger partial charge in [-0.1, -0.05) is 48.0 Å². The Morgan fingerprint density at radius 3 is 2.30 bits per heavy atom. The summed E-state index contributed by atoms with van der Waals surface area (Å²) in [7, 11) is -3.89. The standard InChI is InChI=1S/C25H27N3O4S/c1-3-32-23-13-11-21(12-14-23)17-26-27-25(29)19-28(18-22-7-5-4-6-8-22)33(30,31)24-15-9-20(2)10-16-24/h4-17H,3,18-19H2,1-2H3,(H,27,29)/b26-17-. The van der Waals surface area contributed by atoms with E-state index in [4.69, 9.17) is 4.74 Å². The third-order valence-electron chi connectivity index (χ3n) is 4.77. The number of nitrogens with zero attached hydrogens (tertiary/aromatic N) is 2. The van der Waals surface area contributed by atoms with E-state index in [1.54, 1.807) is 24.3 Å². The summed E-state index contributed by atoms with van der Waals surface area (Å²) in [5.74, 6) is 0.209. The predicted molar refractivity (Wildman–Crippen MR) is 129 cm³/mol. The molecule has 0 fully saturated rings. The Kier molecular flexibility index (Phi) is 8.34. The van der Waals surface area contributed by atoms with Gasteiger partial charge in [0.25, 0.3) is 5.91 Å². The largest absolute Gasteiger partial charge is 0.494 e. The van der Waals surface area contributed by atoms with Crippen molar-refractivity contribution in [1.29, 1.82) is 0 Å². The topological polar surface area (TPSA) is 88.1 Å². The number of benzene rings is 3. The van der Waals surface area contributed by atoms with Crippen molar-refractivity contribution < 1.29 is 17.9 Å². The average Bonchev–Trinajstić information content (AvgIpc) is 2.81. The number of carbonyl (C=O) groups is 1. The van der Waals surface area contributed by atoms with Gasteiger partial charge in [-0.15, -0.1) is 0 Å². The molecule has 0 spiro atoms. The molecule has 0 saturated heterocycles. The zero-order valence-corrected chi connectivity index (χ0v) is 19.5. The monoisotopic (exact) mass is 465 g/mol. The number of carbonyl (C=O) groups excluding carboxylic acids is 1. The zero-order chi connectivity index (χ0) is 23.7. The van der Waals surface area contributed by atoms with Crippen molar-refractivity contribution in [1.82, 2.24) is 9.73 Å². The number of hydrazone groups is 1. The lowest BCUT2D eigenvalue weighted by Gasteiger charge is -2.21. The summed E-state index contributed by atoms with van der Waals surface area (Å²) >= 11 is 0. The molecule has 0 aromatic heterocycles. The van der Waals surface area contributed by atoms with Crippen molar-refractivity contribution in [3.8, 4) is 5.75 Å². The molecule has 172 valence electrons. The molecule has 0 unspecified atom stereocenters. The lowest BCUT2D eigenvalue weighted by atomic mass is 10.2. The highest BCUT2D eigenvalue weighted by molar-refractivity contribution is 7.89. The summed E-state index contributed by atoms with van der Waals surface area (Å²) in [5.41, 5.74) is 4.91. The van der Waals surface area contributed by atoms with Crippen LogP contribution in [-0.2, 0) is 21.4 Å². The van der Waals surface area contributed by atoms with Crippen LogP contribution < -0.4 is 10.2 Å². The van der Waals surface area contributed by atoms with Crippen LogP contribution in [0, 0.1) is 6.92 Å². The Morgan fingerprint density at radius 2 is 1.67 bits per heavy atom. The fourth-order valence-corrected chi connectivity index (χ4v) is 4.45. The van der Waals surface area contributed by atoms with Crippen LogP contribution in [0.4, 0.5) is 0 Å². The van der Waals surface area contributed by atoms with Crippen LogP contribution in [0.2, 0.25) is 0 Å². The maximum Gasteiger partial charge on any atom is 0.255 e. The fourth-order valence-electron chi connectivity index (χ4n) is 3.06. The average molecular weight is 466 g/mol. The molecule has 3 rings (SSSR count). The lowest BCUT2D eigenvalue weighted by Crippen LogP contribution is -2.39. The van der Waals surface area contributed by atoms with Crippen LogP contribution >= 0.6 is 0 Å². The summed E-state index contributed by atoms with van der Waals surface area (Å²) in [6.07, 6.45) is 1.49. The second-order valence-corrected chi connectivity index (χ2v) is 9.30. The molecular weight excluding hydrogens is 438 g/mol. The number of sulfonamides is 1. The molecule has 1 N–H and O–H groups in total. The minimum atomic E-state index is -3.89. The molecule has 0 bridgehead atoms. The molecule has 3 aromatic carbocycles. The Bertz CT molecular complexity index is 1180. The van der Waals surface area contributed by atoms with Gasteiger partial charge in [0.05, 0.1) is 24.3 Å². The summed E-state index contributed by atoms with van der Waals surface area (Å²) in [6, 6.07) is 22.9. The SMILES string of the molecule is CCOc1ccc(/C=N\NC(=O)CN(Cc2ccccc2)S(=O)(=O)c2ccc(C)cc2)cc1. The molecule has 0 radical (unpaired) electrons. The molecule has 1 amide bonds. The number of nitrogens with one attached hydrogen (secondary N) is 1. The van der Waals surface area contributed by atoms with E-state index in [1.165, 1.54) is 6.21 Å². The Labute approximate surface area is 194 Å². The van der Waals surface area contributed by atoms with E-state index in [9.17, 15) is 13.2 Å². The molecular formula is C25H27N3O4S. The van der Waals surface area contributed by atoms with Crippen molar-refractivity contribution >= 4 is 22.1 Å². The van der Waals surface area contributed by atoms with Gasteiger partial charge in [-0.2, -0.15) is 9.41 Å². The highest BCUT2D eigenvalue weighted by Crippen LogP contribution is 2.19. The fraction of sp³-hybridized carbons (Fsp3) is 0.200. The lowest BCUT2D eigenvalue weighted by molar-refractivity contribution is -0.121. The van der Waals surface area contributed by atoms with Gasteiger partial charge in [0.15, 0.2) is 0 Å². The molecule has 0 heterocycles. The van der Waals surface area contributed by atoms with Gasteiger partial charge in [-0.25, -0.2) is 13.8 Å². The van der Waals surface area contributed by atoms with Crippen molar-refractivity contribution in [2.75, 3.05) is 13.2 Å².